The van der Waals surface area contributed by atoms with Crippen molar-refractivity contribution in [2.24, 2.45) is 0 Å². The Morgan fingerprint density at radius 2 is 1.07 bits per heavy atom. The SMILES string of the molecule is Clc1cccc2c1C1(c3ccccc3CCc3ccccc31)c1ccccc1-2. The lowest BCUT2D eigenvalue weighted by Gasteiger charge is -2.35. The summed E-state index contributed by atoms with van der Waals surface area (Å²) in [5.74, 6) is 0. The van der Waals surface area contributed by atoms with Gasteiger partial charge in [-0.05, 0) is 63.4 Å². The second kappa shape index (κ2) is 5.83. The van der Waals surface area contributed by atoms with Crippen molar-refractivity contribution in [2.45, 2.75) is 18.3 Å². The van der Waals surface area contributed by atoms with Gasteiger partial charge in [-0.1, -0.05) is 96.5 Å². The Kier molecular flexibility index (Phi) is 3.36. The van der Waals surface area contributed by atoms with Crippen LogP contribution >= 0.6 is 11.6 Å². The Labute approximate surface area is 170 Å². The molecular formula is C27H19Cl. The predicted molar refractivity (Wildman–Crippen MR) is 116 cm³/mol. The molecule has 0 saturated heterocycles. The summed E-state index contributed by atoms with van der Waals surface area (Å²) in [5.41, 5.74) is 10.4. The van der Waals surface area contributed by atoms with Gasteiger partial charge in [-0.3, -0.25) is 0 Å². The summed E-state index contributed by atoms with van der Waals surface area (Å²) in [5, 5.41) is 0.847. The van der Waals surface area contributed by atoms with Gasteiger partial charge < -0.3 is 0 Å². The fourth-order valence-electron chi connectivity index (χ4n) is 5.49. The molecule has 0 aromatic heterocycles. The Morgan fingerprint density at radius 3 is 1.75 bits per heavy atom. The molecule has 0 saturated carbocycles. The number of hydrogen-bond acceptors (Lipinski definition) is 0. The smallest absolute Gasteiger partial charge is 0.0733 e. The number of aryl methyl sites for hydroxylation is 2. The van der Waals surface area contributed by atoms with Crippen LogP contribution in [0.3, 0.4) is 0 Å². The number of hydrogen-bond donors (Lipinski definition) is 0. The van der Waals surface area contributed by atoms with E-state index in [2.05, 4.69) is 84.9 Å². The summed E-state index contributed by atoms with van der Waals surface area (Å²) >= 11 is 6.97. The van der Waals surface area contributed by atoms with Crippen molar-refractivity contribution in [2.75, 3.05) is 0 Å². The first kappa shape index (κ1) is 16.2. The molecule has 0 aliphatic heterocycles. The zero-order valence-electron chi connectivity index (χ0n) is 15.5. The van der Waals surface area contributed by atoms with E-state index in [9.17, 15) is 0 Å². The largest absolute Gasteiger partial charge is 0.0840 e. The van der Waals surface area contributed by atoms with Gasteiger partial charge in [0, 0.05) is 5.02 Å². The van der Waals surface area contributed by atoms with Crippen LogP contribution in [-0.4, -0.2) is 0 Å². The molecule has 1 spiro atoms. The van der Waals surface area contributed by atoms with E-state index >= 15 is 0 Å². The topological polar surface area (TPSA) is 0 Å². The third-order valence-electron chi connectivity index (χ3n) is 6.52. The van der Waals surface area contributed by atoms with Crippen molar-refractivity contribution in [3.63, 3.8) is 0 Å². The average Bonchev–Trinajstić information content (AvgIpc) is 2.96. The lowest BCUT2D eigenvalue weighted by Crippen LogP contribution is -2.30. The minimum atomic E-state index is -0.353. The first-order valence-corrected chi connectivity index (χ1v) is 10.3. The van der Waals surface area contributed by atoms with E-state index in [1.807, 2.05) is 6.07 Å². The van der Waals surface area contributed by atoms with Crippen LogP contribution in [0.5, 0.6) is 0 Å². The van der Waals surface area contributed by atoms with E-state index in [4.69, 9.17) is 11.6 Å². The summed E-state index contributed by atoms with van der Waals surface area (Å²) < 4.78 is 0. The highest BCUT2D eigenvalue weighted by Gasteiger charge is 2.49. The second-order valence-electron chi connectivity index (χ2n) is 7.77. The molecule has 0 amide bonds. The van der Waals surface area contributed by atoms with Crippen molar-refractivity contribution in [3.8, 4) is 11.1 Å². The lowest BCUT2D eigenvalue weighted by molar-refractivity contribution is 0.762. The van der Waals surface area contributed by atoms with Crippen molar-refractivity contribution >= 4 is 11.6 Å². The summed E-state index contributed by atoms with van der Waals surface area (Å²) in [6, 6.07) is 33.1. The van der Waals surface area contributed by atoms with Gasteiger partial charge in [-0.2, -0.15) is 0 Å². The van der Waals surface area contributed by atoms with Crippen LogP contribution in [0.4, 0.5) is 0 Å². The molecule has 0 radical (unpaired) electrons. The fourth-order valence-corrected chi connectivity index (χ4v) is 5.81. The molecule has 28 heavy (non-hydrogen) atoms. The van der Waals surface area contributed by atoms with E-state index in [0.29, 0.717) is 0 Å². The zero-order chi connectivity index (χ0) is 18.7. The van der Waals surface area contributed by atoms with Gasteiger partial charge >= 0.3 is 0 Å². The van der Waals surface area contributed by atoms with Gasteiger partial charge in [0.2, 0.25) is 0 Å². The minimum absolute atomic E-state index is 0.353. The molecule has 0 nitrogen and oxygen atoms in total. The van der Waals surface area contributed by atoms with Crippen LogP contribution in [0.15, 0.2) is 91.0 Å². The normalized spacial score (nSPS) is 15.3. The fraction of sp³-hybridized carbons (Fsp3) is 0.111. The third kappa shape index (κ3) is 1.91. The van der Waals surface area contributed by atoms with E-state index in [1.54, 1.807) is 0 Å². The van der Waals surface area contributed by atoms with E-state index in [0.717, 1.165) is 17.9 Å². The molecule has 2 aliphatic rings. The number of rotatable bonds is 0. The molecule has 1 heteroatoms. The van der Waals surface area contributed by atoms with E-state index in [1.165, 1.54) is 44.5 Å². The monoisotopic (exact) mass is 378 g/mol. The van der Waals surface area contributed by atoms with Gasteiger partial charge in [-0.15, -0.1) is 0 Å². The van der Waals surface area contributed by atoms with Crippen molar-refractivity contribution in [3.05, 3.63) is 129 Å². The highest BCUT2D eigenvalue weighted by molar-refractivity contribution is 6.32. The molecule has 134 valence electrons. The summed E-state index contributed by atoms with van der Waals surface area (Å²) in [6.45, 7) is 0. The van der Waals surface area contributed by atoms with Gasteiger partial charge in [0.05, 0.1) is 5.41 Å². The van der Waals surface area contributed by atoms with Gasteiger partial charge in [0.25, 0.3) is 0 Å². The molecule has 0 unspecified atom stereocenters. The maximum atomic E-state index is 6.97. The Balaban J connectivity index is 1.89. The molecule has 0 heterocycles. The second-order valence-corrected chi connectivity index (χ2v) is 8.18. The molecule has 0 bridgehead atoms. The quantitative estimate of drug-likeness (QED) is 0.278. The van der Waals surface area contributed by atoms with Crippen LogP contribution < -0.4 is 0 Å². The van der Waals surface area contributed by atoms with Gasteiger partial charge in [-0.25, -0.2) is 0 Å². The lowest BCUT2D eigenvalue weighted by atomic mass is 9.66. The van der Waals surface area contributed by atoms with Crippen LogP contribution in [0.2, 0.25) is 5.02 Å². The Morgan fingerprint density at radius 1 is 0.536 bits per heavy atom. The molecular weight excluding hydrogens is 360 g/mol. The predicted octanol–water partition coefficient (Wildman–Crippen LogP) is 6.80. The molecule has 6 rings (SSSR count). The molecule has 0 atom stereocenters. The Bertz CT molecular complexity index is 1190. The molecule has 4 aromatic carbocycles. The van der Waals surface area contributed by atoms with Gasteiger partial charge in [0.1, 0.15) is 0 Å². The maximum Gasteiger partial charge on any atom is 0.0733 e. The minimum Gasteiger partial charge on any atom is -0.0840 e. The zero-order valence-corrected chi connectivity index (χ0v) is 16.2. The molecule has 0 N–H and O–H groups in total. The Hall–Kier alpha value is -2.83. The molecule has 0 fully saturated rings. The van der Waals surface area contributed by atoms with Crippen molar-refractivity contribution in [1.82, 2.24) is 0 Å². The number of benzene rings is 4. The summed E-state index contributed by atoms with van der Waals surface area (Å²) in [6.07, 6.45) is 2.10. The third-order valence-corrected chi connectivity index (χ3v) is 6.83. The number of fused-ring (bicyclic) bond motifs is 9. The first-order chi connectivity index (χ1) is 13.8. The maximum absolute atomic E-state index is 6.97. The highest BCUT2D eigenvalue weighted by atomic mass is 35.5. The molecule has 4 aromatic rings. The summed E-state index contributed by atoms with van der Waals surface area (Å²) in [4.78, 5) is 0. The van der Waals surface area contributed by atoms with E-state index in [-0.39, 0.29) is 5.41 Å². The highest BCUT2D eigenvalue weighted by Crippen LogP contribution is 2.59. The van der Waals surface area contributed by atoms with Crippen LogP contribution in [-0.2, 0) is 18.3 Å². The van der Waals surface area contributed by atoms with Crippen molar-refractivity contribution in [1.29, 1.82) is 0 Å². The average molecular weight is 379 g/mol. The van der Waals surface area contributed by atoms with Gasteiger partial charge in [0.15, 0.2) is 0 Å². The van der Waals surface area contributed by atoms with Crippen LogP contribution in [0.1, 0.15) is 33.4 Å². The summed E-state index contributed by atoms with van der Waals surface area (Å²) in [7, 11) is 0. The molecule has 2 aliphatic carbocycles. The van der Waals surface area contributed by atoms with E-state index < -0.39 is 0 Å². The number of halogens is 1. The van der Waals surface area contributed by atoms with Crippen molar-refractivity contribution < 1.29 is 0 Å². The first-order valence-electron chi connectivity index (χ1n) is 9.87. The van der Waals surface area contributed by atoms with Crippen LogP contribution in [0, 0.1) is 0 Å². The standard InChI is InChI=1S/C27H19Cl/c28-25-15-7-11-21-20-10-3-6-14-24(20)27(26(21)25)22-12-4-1-8-18(22)16-17-19-9-2-5-13-23(19)27/h1-15H,16-17H2. The van der Waals surface area contributed by atoms with Crippen LogP contribution in [0.25, 0.3) is 11.1 Å².